The Morgan fingerprint density at radius 3 is 2.34 bits per heavy atom. The summed E-state index contributed by atoms with van der Waals surface area (Å²) in [6.07, 6.45) is 2.56. The molecule has 1 aliphatic heterocycles. The molecule has 1 saturated heterocycles. The third-order valence-corrected chi connectivity index (χ3v) is 6.06. The van der Waals surface area contributed by atoms with Crippen LogP contribution in [0.3, 0.4) is 0 Å². The number of nitrogens with zero attached hydrogens (tertiary/aromatic N) is 2. The van der Waals surface area contributed by atoms with E-state index in [1.54, 1.807) is 6.07 Å². The van der Waals surface area contributed by atoms with Crippen LogP contribution in [0.25, 0.3) is 11.1 Å². The number of fused-ring (bicyclic) bond motifs is 1. The second kappa shape index (κ2) is 9.37. The number of hydrogen-bond acceptors (Lipinski definition) is 4. The lowest BCUT2D eigenvalue weighted by Crippen LogP contribution is -2.44. The Hall–Kier alpha value is -3.44. The number of benzene rings is 3. The van der Waals surface area contributed by atoms with Gasteiger partial charge < -0.3 is 9.73 Å². The Balaban J connectivity index is 1.18. The molecule has 1 amide bonds. The third-order valence-electron chi connectivity index (χ3n) is 6.06. The van der Waals surface area contributed by atoms with E-state index in [1.807, 2.05) is 36.4 Å². The highest BCUT2D eigenvalue weighted by Crippen LogP contribution is 2.20. The Labute approximate surface area is 188 Å². The van der Waals surface area contributed by atoms with Crippen molar-refractivity contribution in [2.75, 3.05) is 13.1 Å². The first-order valence-electron chi connectivity index (χ1n) is 11.2. The first kappa shape index (κ1) is 20.5. The molecular formula is C27H27N3O2. The molecule has 0 unspecified atom stereocenters. The van der Waals surface area contributed by atoms with E-state index >= 15 is 0 Å². The molecule has 1 aromatic heterocycles. The highest BCUT2D eigenvalue weighted by molar-refractivity contribution is 5.97. The molecule has 32 heavy (non-hydrogen) atoms. The number of carbonyl (C=O) groups is 1. The van der Waals surface area contributed by atoms with E-state index in [2.05, 4.69) is 51.6 Å². The van der Waals surface area contributed by atoms with Gasteiger partial charge in [0.1, 0.15) is 5.52 Å². The van der Waals surface area contributed by atoms with Crippen LogP contribution < -0.4 is 5.32 Å². The average Bonchev–Trinajstić information content (AvgIpc) is 3.23. The molecule has 0 aliphatic carbocycles. The zero-order valence-electron chi connectivity index (χ0n) is 18.0. The number of nitrogens with one attached hydrogen (secondary N) is 1. The Morgan fingerprint density at radius 1 is 0.938 bits per heavy atom. The molecule has 3 aromatic carbocycles. The topological polar surface area (TPSA) is 58.4 Å². The lowest BCUT2D eigenvalue weighted by atomic mass is 10.0. The molecule has 4 aromatic rings. The monoisotopic (exact) mass is 425 g/mol. The number of oxazole rings is 1. The average molecular weight is 426 g/mol. The standard InChI is InChI=1S/C27H27N3O2/c31-27(28-23-13-15-30(16-14-23)19-21-9-5-2-6-10-21)22-11-12-24-25(18-22)32-26(29-24)17-20-7-3-1-4-8-20/h1-12,18,23H,13-17,19H2,(H,28,31). The molecule has 0 bridgehead atoms. The SMILES string of the molecule is O=C(NC1CCN(Cc2ccccc2)CC1)c1ccc2nc(Cc3ccccc3)oc2c1. The molecule has 0 saturated carbocycles. The largest absolute Gasteiger partial charge is 0.440 e. The molecule has 162 valence electrons. The number of aromatic nitrogens is 1. The van der Waals surface area contributed by atoms with Gasteiger partial charge in [0.2, 0.25) is 0 Å². The molecule has 5 nitrogen and oxygen atoms in total. The highest BCUT2D eigenvalue weighted by Gasteiger charge is 2.21. The van der Waals surface area contributed by atoms with E-state index in [1.165, 1.54) is 5.56 Å². The van der Waals surface area contributed by atoms with Gasteiger partial charge in [0.25, 0.3) is 5.91 Å². The molecule has 5 heteroatoms. The van der Waals surface area contributed by atoms with Gasteiger partial charge >= 0.3 is 0 Å². The zero-order chi connectivity index (χ0) is 21.8. The van der Waals surface area contributed by atoms with Gasteiger partial charge in [-0.2, -0.15) is 0 Å². The number of likely N-dealkylation sites (tertiary alicyclic amines) is 1. The quantitative estimate of drug-likeness (QED) is 0.482. The maximum atomic E-state index is 12.8. The smallest absolute Gasteiger partial charge is 0.251 e. The van der Waals surface area contributed by atoms with Crippen molar-refractivity contribution in [3.63, 3.8) is 0 Å². The maximum Gasteiger partial charge on any atom is 0.251 e. The van der Waals surface area contributed by atoms with Crippen molar-refractivity contribution in [1.29, 1.82) is 0 Å². The summed E-state index contributed by atoms with van der Waals surface area (Å²) in [6.45, 7) is 2.95. The fourth-order valence-corrected chi connectivity index (χ4v) is 4.31. The van der Waals surface area contributed by atoms with E-state index in [0.717, 1.165) is 43.6 Å². The number of rotatable bonds is 6. The van der Waals surface area contributed by atoms with Crippen LogP contribution in [0, 0.1) is 0 Å². The van der Waals surface area contributed by atoms with Gasteiger partial charge in [-0.1, -0.05) is 60.7 Å². The number of piperidine rings is 1. The van der Waals surface area contributed by atoms with E-state index in [9.17, 15) is 4.79 Å². The predicted molar refractivity (Wildman–Crippen MR) is 125 cm³/mol. The van der Waals surface area contributed by atoms with Gasteiger partial charge in [0, 0.05) is 37.7 Å². The van der Waals surface area contributed by atoms with Gasteiger partial charge in [-0.05, 0) is 42.2 Å². The molecule has 1 aliphatic rings. The molecule has 5 rings (SSSR count). The molecule has 0 atom stereocenters. The second-order valence-electron chi connectivity index (χ2n) is 8.46. The van der Waals surface area contributed by atoms with Crippen LogP contribution in [0.2, 0.25) is 0 Å². The fourth-order valence-electron chi connectivity index (χ4n) is 4.31. The van der Waals surface area contributed by atoms with E-state index < -0.39 is 0 Å². The summed E-state index contributed by atoms with van der Waals surface area (Å²) < 4.78 is 5.93. The summed E-state index contributed by atoms with van der Waals surface area (Å²) in [7, 11) is 0. The highest BCUT2D eigenvalue weighted by atomic mass is 16.3. The van der Waals surface area contributed by atoms with Crippen LogP contribution in [0.5, 0.6) is 0 Å². The Kier molecular flexibility index (Phi) is 5.99. The van der Waals surface area contributed by atoms with Gasteiger partial charge in [0.15, 0.2) is 11.5 Å². The van der Waals surface area contributed by atoms with Crippen molar-refractivity contribution in [3.05, 3.63) is 101 Å². The molecule has 1 fully saturated rings. The molecule has 1 N–H and O–H groups in total. The van der Waals surface area contributed by atoms with Crippen LogP contribution >= 0.6 is 0 Å². The lowest BCUT2D eigenvalue weighted by molar-refractivity contribution is 0.0909. The first-order valence-corrected chi connectivity index (χ1v) is 11.2. The van der Waals surface area contributed by atoms with Crippen molar-refractivity contribution in [1.82, 2.24) is 15.2 Å². The van der Waals surface area contributed by atoms with Gasteiger partial charge in [0.05, 0.1) is 0 Å². The lowest BCUT2D eigenvalue weighted by Gasteiger charge is -2.32. The van der Waals surface area contributed by atoms with E-state index in [-0.39, 0.29) is 11.9 Å². The van der Waals surface area contributed by atoms with Crippen LogP contribution in [0.15, 0.2) is 83.3 Å². The van der Waals surface area contributed by atoms with Crippen LogP contribution in [0.4, 0.5) is 0 Å². The fraction of sp³-hybridized carbons (Fsp3) is 0.259. The zero-order valence-corrected chi connectivity index (χ0v) is 18.0. The minimum Gasteiger partial charge on any atom is -0.440 e. The summed E-state index contributed by atoms with van der Waals surface area (Å²) in [5, 5.41) is 3.20. The third kappa shape index (κ3) is 4.89. The van der Waals surface area contributed by atoms with Crippen molar-refractivity contribution < 1.29 is 9.21 Å². The van der Waals surface area contributed by atoms with Gasteiger partial charge in [-0.3, -0.25) is 9.69 Å². The Bertz CT molecular complexity index is 1180. The van der Waals surface area contributed by atoms with Crippen molar-refractivity contribution in [2.24, 2.45) is 0 Å². The predicted octanol–water partition coefficient (Wildman–Crippen LogP) is 4.81. The number of hydrogen-bond donors (Lipinski definition) is 1. The first-order chi connectivity index (χ1) is 15.7. The normalized spacial score (nSPS) is 15.1. The minimum absolute atomic E-state index is 0.0468. The van der Waals surface area contributed by atoms with E-state index in [4.69, 9.17) is 4.42 Å². The molecular weight excluding hydrogens is 398 g/mol. The number of carbonyl (C=O) groups excluding carboxylic acids is 1. The number of amides is 1. The summed E-state index contributed by atoms with van der Waals surface area (Å²) in [5.41, 5.74) is 4.53. The second-order valence-corrected chi connectivity index (χ2v) is 8.46. The van der Waals surface area contributed by atoms with Crippen molar-refractivity contribution in [3.8, 4) is 0 Å². The van der Waals surface area contributed by atoms with Gasteiger partial charge in [-0.25, -0.2) is 4.98 Å². The van der Waals surface area contributed by atoms with Crippen molar-refractivity contribution in [2.45, 2.75) is 31.8 Å². The maximum absolute atomic E-state index is 12.8. The van der Waals surface area contributed by atoms with Crippen LogP contribution in [-0.4, -0.2) is 34.9 Å². The summed E-state index contributed by atoms with van der Waals surface area (Å²) in [6, 6.07) is 26.4. The molecule has 0 spiro atoms. The summed E-state index contributed by atoms with van der Waals surface area (Å²) in [4.78, 5) is 19.9. The Morgan fingerprint density at radius 2 is 1.62 bits per heavy atom. The summed E-state index contributed by atoms with van der Waals surface area (Å²) in [5.74, 6) is 0.615. The molecule has 0 radical (unpaired) electrons. The summed E-state index contributed by atoms with van der Waals surface area (Å²) >= 11 is 0. The van der Waals surface area contributed by atoms with Crippen LogP contribution in [0.1, 0.15) is 40.2 Å². The van der Waals surface area contributed by atoms with Gasteiger partial charge in [-0.15, -0.1) is 0 Å². The molecule has 2 heterocycles. The minimum atomic E-state index is -0.0468. The van der Waals surface area contributed by atoms with E-state index in [0.29, 0.717) is 23.5 Å². The van der Waals surface area contributed by atoms with Crippen molar-refractivity contribution >= 4 is 17.0 Å². The van der Waals surface area contributed by atoms with Crippen LogP contribution in [-0.2, 0) is 13.0 Å².